The number of fused-ring (bicyclic) bond motifs is 9. The Balaban J connectivity index is 0.997. The van der Waals surface area contributed by atoms with Crippen LogP contribution in [0.1, 0.15) is 18.4 Å². The van der Waals surface area contributed by atoms with E-state index in [0.29, 0.717) is 17.3 Å². The van der Waals surface area contributed by atoms with Gasteiger partial charge in [0.2, 0.25) is 0 Å². The summed E-state index contributed by atoms with van der Waals surface area (Å²) in [5.74, 6) is 2.67. The van der Waals surface area contributed by atoms with Gasteiger partial charge in [-0.05, 0) is 107 Å². The molecule has 0 N–H and O–H groups in total. The molecule has 2 bridgehead atoms. The van der Waals surface area contributed by atoms with Crippen molar-refractivity contribution in [2.75, 3.05) is 0 Å². The fourth-order valence-corrected chi connectivity index (χ4v) is 10.1. The number of benzene rings is 5. The summed E-state index contributed by atoms with van der Waals surface area (Å²) in [4.78, 5) is 0. The molecule has 0 amide bonds. The van der Waals surface area contributed by atoms with Crippen LogP contribution in [-0.2, 0) is 0 Å². The van der Waals surface area contributed by atoms with Crippen molar-refractivity contribution in [1.82, 2.24) is 9.13 Å². The molecule has 5 aromatic carbocycles. The van der Waals surface area contributed by atoms with Crippen LogP contribution in [0.15, 0.2) is 158 Å². The average molecular weight is 627 g/mol. The van der Waals surface area contributed by atoms with E-state index in [1.165, 1.54) is 71.7 Å². The predicted octanol–water partition coefficient (Wildman–Crippen LogP) is 11.8. The smallest absolute Gasteiger partial charge is 0.0541 e. The van der Waals surface area contributed by atoms with Crippen LogP contribution < -0.4 is 0 Å². The summed E-state index contributed by atoms with van der Waals surface area (Å²) in [5.41, 5.74) is 13.4. The van der Waals surface area contributed by atoms with E-state index in [2.05, 4.69) is 167 Å². The van der Waals surface area contributed by atoms with E-state index >= 15 is 0 Å². The van der Waals surface area contributed by atoms with Crippen molar-refractivity contribution in [2.45, 2.75) is 12.8 Å². The Morgan fingerprint density at radius 2 is 1.29 bits per heavy atom. The Morgan fingerprint density at radius 1 is 0.571 bits per heavy atom. The zero-order chi connectivity index (χ0) is 31.8. The van der Waals surface area contributed by atoms with Crippen LogP contribution in [0.25, 0.3) is 71.7 Å². The standard InChI is InChI=1S/C47H34N2/c1-2-10-33(11-3-1)48-41-15-6-4-13-35(41)38-27-30(18-21-43(38)48)31-19-22-44-39(28-31)36-14-5-7-16-42(36)49(44)34-12-8-9-32(26-34)37-25-29-17-20-40-46-45(37)47(40,46)24-23-29/h2,4-29,40,45-46H,1,3H2. The van der Waals surface area contributed by atoms with Crippen molar-refractivity contribution in [3.63, 3.8) is 0 Å². The van der Waals surface area contributed by atoms with E-state index in [0.717, 1.165) is 24.7 Å². The van der Waals surface area contributed by atoms with Gasteiger partial charge in [0.1, 0.15) is 0 Å². The van der Waals surface area contributed by atoms with Gasteiger partial charge >= 0.3 is 0 Å². The van der Waals surface area contributed by atoms with Gasteiger partial charge in [-0.15, -0.1) is 0 Å². The molecule has 232 valence electrons. The summed E-state index contributed by atoms with van der Waals surface area (Å²) in [6.07, 6.45) is 21.6. The van der Waals surface area contributed by atoms with Gasteiger partial charge in [-0.25, -0.2) is 0 Å². The highest BCUT2D eigenvalue weighted by Crippen LogP contribution is 2.89. The highest BCUT2D eigenvalue weighted by Gasteiger charge is 2.85. The minimum atomic E-state index is 0.412. The quantitative estimate of drug-likeness (QED) is 0.172. The minimum Gasteiger partial charge on any atom is -0.310 e. The lowest BCUT2D eigenvalue weighted by atomic mass is 9.84. The lowest BCUT2D eigenvalue weighted by Crippen LogP contribution is -2.09. The van der Waals surface area contributed by atoms with Crippen molar-refractivity contribution in [1.29, 1.82) is 0 Å². The fourth-order valence-electron chi connectivity index (χ4n) is 10.1. The van der Waals surface area contributed by atoms with Crippen LogP contribution >= 0.6 is 0 Å². The molecule has 2 saturated carbocycles. The van der Waals surface area contributed by atoms with Crippen LogP contribution in [-0.4, -0.2) is 9.13 Å². The second kappa shape index (κ2) is 9.30. The van der Waals surface area contributed by atoms with Crippen molar-refractivity contribution in [3.8, 4) is 16.8 Å². The number of para-hydroxylation sites is 2. The van der Waals surface area contributed by atoms with Crippen molar-refractivity contribution < 1.29 is 0 Å². The molecule has 12 rings (SSSR count). The Bertz CT molecular complexity index is 2760. The molecule has 0 saturated heterocycles. The van der Waals surface area contributed by atoms with Gasteiger partial charge in [0.25, 0.3) is 0 Å². The summed E-state index contributed by atoms with van der Waals surface area (Å²) in [5, 5.41) is 5.19. The average Bonchev–Trinajstić information content (AvgIpc) is 3.92. The maximum atomic E-state index is 2.55. The van der Waals surface area contributed by atoms with Gasteiger partial charge in [-0.1, -0.05) is 103 Å². The van der Waals surface area contributed by atoms with Crippen LogP contribution in [0, 0.1) is 29.1 Å². The van der Waals surface area contributed by atoms with Gasteiger partial charge in [-0.2, -0.15) is 0 Å². The molecule has 5 unspecified atom stereocenters. The monoisotopic (exact) mass is 626 g/mol. The maximum Gasteiger partial charge on any atom is 0.0541 e. The Hall–Kier alpha value is -5.60. The van der Waals surface area contributed by atoms with Gasteiger partial charge < -0.3 is 9.13 Å². The lowest BCUT2D eigenvalue weighted by Gasteiger charge is -2.20. The van der Waals surface area contributed by atoms with E-state index < -0.39 is 0 Å². The lowest BCUT2D eigenvalue weighted by molar-refractivity contribution is 0.572. The first-order valence-electron chi connectivity index (χ1n) is 17.9. The first-order valence-corrected chi connectivity index (χ1v) is 17.9. The van der Waals surface area contributed by atoms with Crippen LogP contribution in [0.2, 0.25) is 0 Å². The number of nitrogens with zero attached hydrogens (tertiary/aromatic N) is 2. The van der Waals surface area contributed by atoms with E-state index in [-0.39, 0.29) is 0 Å². The molecule has 5 aliphatic rings. The summed E-state index contributed by atoms with van der Waals surface area (Å²) < 4.78 is 4.91. The SMILES string of the molecule is C1=CC(n2c3ccccc3c3cc(-c4ccc5c(c4)c4ccccc4n5-c4cccc(C5=CC6C=CC7C8C5C78C=C6)c4)ccc32)=CCC1. The normalized spacial score (nSPS) is 25.9. The molecule has 0 aliphatic heterocycles. The largest absolute Gasteiger partial charge is 0.310 e. The minimum absolute atomic E-state index is 0.412. The first-order chi connectivity index (χ1) is 24.3. The molecule has 5 aliphatic carbocycles. The van der Waals surface area contributed by atoms with Crippen molar-refractivity contribution in [3.05, 3.63) is 163 Å². The highest BCUT2D eigenvalue weighted by molar-refractivity contribution is 6.13. The molecule has 7 aromatic rings. The fraction of sp³-hybridized carbons (Fsp3) is 0.149. The molecule has 2 nitrogen and oxygen atoms in total. The predicted molar refractivity (Wildman–Crippen MR) is 205 cm³/mol. The third-order valence-electron chi connectivity index (χ3n) is 12.4. The van der Waals surface area contributed by atoms with Crippen molar-refractivity contribution >= 4 is 54.9 Å². The highest BCUT2D eigenvalue weighted by atomic mass is 15.0. The summed E-state index contributed by atoms with van der Waals surface area (Å²) in [7, 11) is 0. The molecule has 1 spiro atoms. The third kappa shape index (κ3) is 3.46. The second-order valence-electron chi connectivity index (χ2n) is 14.8. The number of hydrogen-bond acceptors (Lipinski definition) is 0. The van der Waals surface area contributed by atoms with E-state index in [1.54, 1.807) is 5.57 Å². The molecule has 2 heterocycles. The van der Waals surface area contributed by atoms with E-state index in [1.807, 2.05) is 0 Å². The van der Waals surface area contributed by atoms with Crippen LogP contribution in [0.4, 0.5) is 0 Å². The number of hydrogen-bond donors (Lipinski definition) is 0. The molecule has 2 heteroatoms. The number of rotatable bonds is 4. The van der Waals surface area contributed by atoms with Crippen LogP contribution in [0.5, 0.6) is 0 Å². The summed E-state index contributed by atoms with van der Waals surface area (Å²) >= 11 is 0. The second-order valence-corrected chi connectivity index (χ2v) is 14.8. The zero-order valence-corrected chi connectivity index (χ0v) is 27.1. The molecule has 0 radical (unpaired) electrons. The molecule has 2 fully saturated rings. The van der Waals surface area contributed by atoms with Gasteiger partial charge in [0.15, 0.2) is 0 Å². The summed E-state index contributed by atoms with van der Waals surface area (Å²) in [6.45, 7) is 0. The molecule has 2 aromatic heterocycles. The maximum absolute atomic E-state index is 2.55. The first kappa shape index (κ1) is 26.4. The topological polar surface area (TPSA) is 9.86 Å². The third-order valence-corrected chi connectivity index (χ3v) is 12.4. The van der Waals surface area contributed by atoms with Gasteiger partial charge in [-0.3, -0.25) is 0 Å². The van der Waals surface area contributed by atoms with Gasteiger partial charge in [0.05, 0.1) is 22.1 Å². The Kier molecular flexibility index (Phi) is 5.00. The van der Waals surface area contributed by atoms with Crippen molar-refractivity contribution in [2.24, 2.45) is 29.1 Å². The van der Waals surface area contributed by atoms with E-state index in [9.17, 15) is 0 Å². The molecular formula is C47H34N2. The molecule has 49 heavy (non-hydrogen) atoms. The molecule has 5 atom stereocenters. The van der Waals surface area contributed by atoms with Gasteiger partial charge in [0, 0.05) is 44.3 Å². The summed E-state index contributed by atoms with van der Waals surface area (Å²) in [6, 6.07) is 41.2. The molecular weight excluding hydrogens is 593 g/mol. The van der Waals surface area contributed by atoms with Crippen LogP contribution in [0.3, 0.4) is 0 Å². The van der Waals surface area contributed by atoms with E-state index in [4.69, 9.17) is 0 Å². The Labute approximate surface area is 285 Å². The number of allylic oxidation sites excluding steroid dienone is 10. The Morgan fingerprint density at radius 3 is 2.04 bits per heavy atom. The zero-order valence-electron chi connectivity index (χ0n) is 27.1. The number of aromatic nitrogens is 2.